The second-order valence-corrected chi connectivity index (χ2v) is 4.23. The highest BCUT2D eigenvalue weighted by molar-refractivity contribution is 6.06. The number of aromatic amines is 1. The van der Waals surface area contributed by atoms with E-state index in [0.29, 0.717) is 5.82 Å². The van der Waals surface area contributed by atoms with E-state index in [1.165, 1.54) is 25.3 Å². The first-order chi connectivity index (χ1) is 10.0. The van der Waals surface area contributed by atoms with Crippen molar-refractivity contribution >= 4 is 17.4 Å². The summed E-state index contributed by atoms with van der Waals surface area (Å²) in [4.78, 5) is 22.4. The van der Waals surface area contributed by atoms with Crippen LogP contribution < -0.4 is 10.1 Å². The van der Waals surface area contributed by atoms with Crippen LogP contribution >= 0.6 is 0 Å². The molecule has 0 aliphatic heterocycles. The zero-order valence-corrected chi connectivity index (χ0v) is 11.5. The third-order valence-corrected chi connectivity index (χ3v) is 2.89. The second kappa shape index (κ2) is 6.04. The van der Waals surface area contributed by atoms with E-state index < -0.39 is 10.8 Å². The topological polar surface area (TPSA) is 110 Å². The average molecular weight is 290 g/mol. The number of carbonyl (C=O) groups is 1. The van der Waals surface area contributed by atoms with E-state index in [1.807, 2.05) is 6.92 Å². The lowest BCUT2D eigenvalue weighted by Gasteiger charge is -2.07. The molecule has 1 aromatic heterocycles. The van der Waals surface area contributed by atoms with Crippen molar-refractivity contribution in [2.45, 2.75) is 13.3 Å². The van der Waals surface area contributed by atoms with E-state index in [1.54, 1.807) is 6.07 Å². The summed E-state index contributed by atoms with van der Waals surface area (Å²) in [6.45, 7) is 1.95. The van der Waals surface area contributed by atoms with Crippen LogP contribution in [-0.2, 0) is 6.42 Å². The normalized spacial score (nSPS) is 10.2. The van der Waals surface area contributed by atoms with Crippen LogP contribution in [0.1, 0.15) is 23.0 Å². The van der Waals surface area contributed by atoms with Gasteiger partial charge in [0.05, 0.1) is 17.6 Å². The number of methoxy groups -OCH3 is 1. The molecule has 0 fully saturated rings. The highest BCUT2D eigenvalue weighted by Gasteiger charge is 2.18. The van der Waals surface area contributed by atoms with Gasteiger partial charge in [-0.05, 0) is 12.5 Å². The van der Waals surface area contributed by atoms with E-state index in [-0.39, 0.29) is 17.0 Å². The first-order valence-electron chi connectivity index (χ1n) is 6.23. The van der Waals surface area contributed by atoms with Crippen LogP contribution in [0, 0.1) is 10.1 Å². The SMILES string of the molecule is CCc1cc(NC(=O)c2cc([N+](=O)[O-])ccc2OC)n[nH]1. The van der Waals surface area contributed by atoms with Crippen molar-refractivity contribution in [2.24, 2.45) is 0 Å². The van der Waals surface area contributed by atoms with Crippen molar-refractivity contribution < 1.29 is 14.5 Å². The van der Waals surface area contributed by atoms with Crippen LogP contribution in [0.15, 0.2) is 24.3 Å². The molecule has 2 N–H and O–H groups in total. The van der Waals surface area contributed by atoms with Crippen LogP contribution in [0.2, 0.25) is 0 Å². The molecule has 0 radical (unpaired) electrons. The zero-order chi connectivity index (χ0) is 15.4. The van der Waals surface area contributed by atoms with Crippen molar-refractivity contribution in [3.63, 3.8) is 0 Å². The van der Waals surface area contributed by atoms with Crippen LogP contribution in [0.4, 0.5) is 11.5 Å². The molecular formula is C13H14N4O4. The summed E-state index contributed by atoms with van der Waals surface area (Å²) in [5, 5.41) is 20.1. The summed E-state index contributed by atoms with van der Waals surface area (Å²) < 4.78 is 5.05. The third-order valence-electron chi connectivity index (χ3n) is 2.89. The van der Waals surface area contributed by atoms with Gasteiger partial charge in [0, 0.05) is 23.9 Å². The number of anilines is 1. The van der Waals surface area contributed by atoms with Crippen molar-refractivity contribution in [1.29, 1.82) is 0 Å². The second-order valence-electron chi connectivity index (χ2n) is 4.23. The van der Waals surface area contributed by atoms with E-state index in [0.717, 1.165) is 12.1 Å². The number of non-ortho nitro benzene ring substituents is 1. The molecule has 0 unspecified atom stereocenters. The third kappa shape index (κ3) is 3.16. The molecule has 2 aromatic rings. The molecule has 1 aromatic carbocycles. The van der Waals surface area contributed by atoms with E-state index in [2.05, 4.69) is 15.5 Å². The van der Waals surface area contributed by atoms with Crippen LogP contribution in [0.25, 0.3) is 0 Å². The molecular weight excluding hydrogens is 276 g/mol. The first-order valence-corrected chi connectivity index (χ1v) is 6.23. The number of aryl methyl sites for hydroxylation is 1. The number of hydrogen-bond donors (Lipinski definition) is 2. The van der Waals surface area contributed by atoms with Crippen LogP contribution in [0.5, 0.6) is 5.75 Å². The molecule has 0 aliphatic carbocycles. The van der Waals surface area contributed by atoms with Gasteiger partial charge in [-0.3, -0.25) is 20.0 Å². The molecule has 0 atom stereocenters. The number of amides is 1. The van der Waals surface area contributed by atoms with Gasteiger partial charge in [0.15, 0.2) is 5.82 Å². The van der Waals surface area contributed by atoms with Gasteiger partial charge in [0.1, 0.15) is 5.75 Å². The predicted octanol–water partition coefficient (Wildman–Crippen LogP) is 2.14. The summed E-state index contributed by atoms with van der Waals surface area (Å²) in [5.41, 5.74) is 0.765. The highest BCUT2D eigenvalue weighted by atomic mass is 16.6. The van der Waals surface area contributed by atoms with Crippen molar-refractivity contribution in [1.82, 2.24) is 10.2 Å². The summed E-state index contributed by atoms with van der Waals surface area (Å²) in [7, 11) is 1.39. The Bertz CT molecular complexity index is 681. The molecule has 0 saturated carbocycles. The van der Waals surface area contributed by atoms with Crippen LogP contribution in [-0.4, -0.2) is 28.1 Å². The number of nitrogens with one attached hydrogen (secondary N) is 2. The quantitative estimate of drug-likeness (QED) is 0.647. The van der Waals surface area contributed by atoms with Gasteiger partial charge in [-0.2, -0.15) is 5.10 Å². The van der Waals surface area contributed by atoms with Crippen molar-refractivity contribution in [2.75, 3.05) is 12.4 Å². The molecule has 2 rings (SSSR count). The molecule has 1 amide bonds. The fourth-order valence-electron chi connectivity index (χ4n) is 1.78. The molecule has 21 heavy (non-hydrogen) atoms. The van der Waals surface area contributed by atoms with Crippen LogP contribution in [0.3, 0.4) is 0 Å². The largest absolute Gasteiger partial charge is 0.496 e. The Morgan fingerprint density at radius 2 is 2.24 bits per heavy atom. The van der Waals surface area contributed by atoms with Gasteiger partial charge in [0.2, 0.25) is 0 Å². The lowest BCUT2D eigenvalue weighted by molar-refractivity contribution is -0.384. The van der Waals surface area contributed by atoms with Gasteiger partial charge in [0.25, 0.3) is 11.6 Å². The maximum absolute atomic E-state index is 12.2. The molecule has 0 saturated heterocycles. The summed E-state index contributed by atoms with van der Waals surface area (Å²) in [5.74, 6) is 0.0828. The number of aromatic nitrogens is 2. The number of ether oxygens (including phenoxy) is 1. The Morgan fingerprint density at radius 3 is 2.81 bits per heavy atom. The molecule has 110 valence electrons. The zero-order valence-electron chi connectivity index (χ0n) is 11.5. The first kappa shape index (κ1) is 14.5. The minimum Gasteiger partial charge on any atom is -0.496 e. The van der Waals surface area contributed by atoms with Gasteiger partial charge in [-0.25, -0.2) is 0 Å². The van der Waals surface area contributed by atoms with Gasteiger partial charge < -0.3 is 10.1 Å². The monoisotopic (exact) mass is 290 g/mol. The Balaban J connectivity index is 2.28. The number of benzene rings is 1. The molecule has 8 nitrogen and oxygen atoms in total. The lowest BCUT2D eigenvalue weighted by Crippen LogP contribution is -2.13. The number of rotatable bonds is 5. The minimum atomic E-state index is -0.569. The number of nitro benzene ring substituents is 1. The minimum absolute atomic E-state index is 0.0766. The number of nitro groups is 1. The smallest absolute Gasteiger partial charge is 0.270 e. The fraction of sp³-hybridized carbons (Fsp3) is 0.231. The van der Waals surface area contributed by atoms with E-state index in [9.17, 15) is 14.9 Å². The predicted molar refractivity (Wildman–Crippen MR) is 75.6 cm³/mol. The lowest BCUT2D eigenvalue weighted by atomic mass is 10.1. The van der Waals surface area contributed by atoms with Gasteiger partial charge >= 0.3 is 0 Å². The van der Waals surface area contributed by atoms with Gasteiger partial charge in [-0.15, -0.1) is 0 Å². The molecule has 1 heterocycles. The Morgan fingerprint density at radius 1 is 1.48 bits per heavy atom. The number of H-pyrrole nitrogens is 1. The summed E-state index contributed by atoms with van der Waals surface area (Å²) in [6, 6.07) is 5.53. The maximum Gasteiger partial charge on any atom is 0.270 e. The van der Waals surface area contributed by atoms with Gasteiger partial charge in [-0.1, -0.05) is 6.92 Å². The molecule has 8 heteroatoms. The number of hydrogen-bond acceptors (Lipinski definition) is 5. The highest BCUT2D eigenvalue weighted by Crippen LogP contribution is 2.24. The van der Waals surface area contributed by atoms with Crippen molar-refractivity contribution in [3.05, 3.63) is 45.6 Å². The molecule has 0 spiro atoms. The summed E-state index contributed by atoms with van der Waals surface area (Å²) >= 11 is 0. The molecule has 0 aliphatic rings. The fourth-order valence-corrected chi connectivity index (χ4v) is 1.78. The Labute approximate surface area is 120 Å². The maximum atomic E-state index is 12.2. The molecule has 0 bridgehead atoms. The standard InChI is InChI=1S/C13H14N4O4/c1-3-8-6-12(16-15-8)14-13(18)10-7-9(17(19)20)4-5-11(10)21-2/h4-7H,3H2,1-2H3,(H2,14,15,16,18). The average Bonchev–Trinajstić information content (AvgIpc) is 2.94. The Kier molecular flexibility index (Phi) is 4.17. The number of nitrogens with zero attached hydrogens (tertiary/aromatic N) is 2. The van der Waals surface area contributed by atoms with E-state index >= 15 is 0 Å². The van der Waals surface area contributed by atoms with E-state index in [4.69, 9.17) is 4.74 Å². The number of carbonyl (C=O) groups excluding carboxylic acids is 1. The Hall–Kier alpha value is -2.90. The van der Waals surface area contributed by atoms with Crippen molar-refractivity contribution in [3.8, 4) is 5.75 Å². The summed E-state index contributed by atoms with van der Waals surface area (Å²) in [6.07, 6.45) is 0.753.